The fraction of sp³-hybridized carbons (Fsp3) is 0.400. The van der Waals surface area contributed by atoms with E-state index >= 15 is 0 Å². The Balaban J connectivity index is 0. The Morgan fingerprint density at radius 2 is 1.33 bits per heavy atom. The lowest BCUT2D eigenvalue weighted by molar-refractivity contribution is -0.552. The summed E-state index contributed by atoms with van der Waals surface area (Å²) in [6.07, 6.45) is 4.12. The Kier molecular flexibility index (Phi) is 14.0. The molecule has 0 fully saturated rings. The first-order valence-electron chi connectivity index (χ1n) is 4.34. The van der Waals surface area contributed by atoms with Crippen LogP contribution in [-0.2, 0) is 4.79 Å². The van der Waals surface area contributed by atoms with Gasteiger partial charge < -0.3 is 0 Å². The molecule has 0 amide bonds. The van der Waals surface area contributed by atoms with E-state index < -0.39 is 0 Å². The molecule has 0 radical (unpaired) electrons. The Bertz CT molecular complexity index is 172. The van der Waals surface area contributed by atoms with Gasteiger partial charge in [0.25, 0.3) is 0 Å². The highest BCUT2D eigenvalue weighted by molar-refractivity contribution is 5.34. The molecule has 0 aliphatic carbocycles. The second-order valence-corrected chi connectivity index (χ2v) is 1.43. The van der Waals surface area contributed by atoms with Crippen molar-refractivity contribution >= 4 is 6.41 Å². The molecule has 0 saturated carbocycles. The zero-order valence-electron chi connectivity index (χ0n) is 8.32. The first kappa shape index (κ1) is 13.4. The van der Waals surface area contributed by atoms with Crippen LogP contribution in [0.2, 0.25) is 0 Å². The Hall–Kier alpha value is -1.18. The maximum absolute atomic E-state index is 9.97. The van der Waals surface area contributed by atoms with E-state index in [0.717, 1.165) is 6.41 Å². The maximum atomic E-state index is 9.97. The molecular weight excluding hydrogens is 150 g/mol. The van der Waals surface area contributed by atoms with Gasteiger partial charge in [0.15, 0.2) is 12.4 Å². The zero-order chi connectivity index (χ0) is 9.82. The highest BCUT2D eigenvalue weighted by Crippen LogP contribution is 1.71. The van der Waals surface area contributed by atoms with Gasteiger partial charge in [-0.05, 0) is 0 Å². The molecule has 0 aromatic carbocycles. The SMILES string of the molecule is CC.CC.O=C[n+]1ccccc1. The van der Waals surface area contributed by atoms with Crippen molar-refractivity contribution in [3.05, 3.63) is 30.6 Å². The zero-order valence-corrected chi connectivity index (χ0v) is 8.32. The Labute approximate surface area is 74.9 Å². The van der Waals surface area contributed by atoms with Crippen LogP contribution in [0.5, 0.6) is 0 Å². The minimum absolute atomic E-state index is 0.750. The van der Waals surface area contributed by atoms with Crippen molar-refractivity contribution in [3.63, 3.8) is 0 Å². The van der Waals surface area contributed by atoms with Gasteiger partial charge in [0, 0.05) is 12.1 Å². The molecule has 0 saturated heterocycles. The summed E-state index contributed by atoms with van der Waals surface area (Å²) in [7, 11) is 0. The fourth-order valence-corrected chi connectivity index (χ4v) is 0.482. The average molecular weight is 168 g/mol. The topological polar surface area (TPSA) is 20.9 Å². The third-order valence-corrected chi connectivity index (χ3v) is 0.860. The van der Waals surface area contributed by atoms with E-state index in [-0.39, 0.29) is 0 Å². The quantitative estimate of drug-likeness (QED) is 0.464. The van der Waals surface area contributed by atoms with E-state index in [9.17, 15) is 4.79 Å². The summed E-state index contributed by atoms with van der Waals surface area (Å²) < 4.78 is 1.44. The summed E-state index contributed by atoms with van der Waals surface area (Å²) >= 11 is 0. The van der Waals surface area contributed by atoms with Crippen LogP contribution >= 0.6 is 0 Å². The molecule has 2 heteroatoms. The first-order valence-corrected chi connectivity index (χ1v) is 4.34. The van der Waals surface area contributed by atoms with Crippen LogP contribution in [0.4, 0.5) is 0 Å². The van der Waals surface area contributed by atoms with Crippen LogP contribution in [0.1, 0.15) is 27.7 Å². The lowest BCUT2D eigenvalue weighted by Gasteiger charge is -1.76. The highest BCUT2D eigenvalue weighted by atomic mass is 16.1. The molecule has 2 nitrogen and oxygen atoms in total. The average Bonchev–Trinajstić information content (AvgIpc) is 2.25. The van der Waals surface area contributed by atoms with Gasteiger partial charge in [-0.15, -0.1) is 4.57 Å². The van der Waals surface area contributed by atoms with Crippen molar-refractivity contribution < 1.29 is 9.36 Å². The molecule has 1 heterocycles. The van der Waals surface area contributed by atoms with Crippen molar-refractivity contribution in [2.45, 2.75) is 27.7 Å². The Morgan fingerprint density at radius 3 is 1.58 bits per heavy atom. The van der Waals surface area contributed by atoms with Crippen molar-refractivity contribution in [1.29, 1.82) is 0 Å². The number of carbonyl (C=O) groups is 1. The van der Waals surface area contributed by atoms with Crippen molar-refractivity contribution in [1.82, 2.24) is 0 Å². The summed E-state index contributed by atoms with van der Waals surface area (Å²) in [4.78, 5) is 9.97. The van der Waals surface area contributed by atoms with Crippen molar-refractivity contribution in [3.8, 4) is 0 Å². The van der Waals surface area contributed by atoms with Gasteiger partial charge in [0.2, 0.25) is 0 Å². The number of aromatic nitrogens is 1. The van der Waals surface area contributed by atoms with Crippen LogP contribution < -0.4 is 4.57 Å². The summed E-state index contributed by atoms with van der Waals surface area (Å²) in [5, 5.41) is 0. The molecule has 1 aromatic heterocycles. The smallest absolute Gasteiger partial charge is 0.222 e. The second-order valence-electron chi connectivity index (χ2n) is 1.43. The maximum Gasteiger partial charge on any atom is 0.380 e. The molecule has 0 aliphatic heterocycles. The summed E-state index contributed by atoms with van der Waals surface area (Å²) in [6.45, 7) is 8.00. The molecule has 0 unspecified atom stereocenters. The van der Waals surface area contributed by atoms with E-state index in [1.165, 1.54) is 4.57 Å². The monoisotopic (exact) mass is 168 g/mol. The standard InChI is InChI=1S/C6H6NO.2C2H6/c8-6-7-4-2-1-3-5-7;2*1-2/h1-6H;2*1-2H3/q+1;;. The lowest BCUT2D eigenvalue weighted by Crippen LogP contribution is -2.30. The summed E-state index contributed by atoms with van der Waals surface area (Å²) in [5.74, 6) is 0. The molecular formula is C10H18NO+. The largest absolute Gasteiger partial charge is 0.380 e. The minimum atomic E-state index is 0.750. The molecule has 1 aromatic rings. The Morgan fingerprint density at radius 1 is 0.917 bits per heavy atom. The number of carbonyl (C=O) groups excluding carboxylic acids is 1. The van der Waals surface area contributed by atoms with Crippen LogP contribution in [0.15, 0.2) is 30.6 Å². The van der Waals surface area contributed by atoms with E-state index in [4.69, 9.17) is 0 Å². The molecule has 0 N–H and O–H groups in total. The third-order valence-electron chi connectivity index (χ3n) is 0.860. The molecule has 1 rings (SSSR count). The van der Waals surface area contributed by atoms with Gasteiger partial charge in [-0.1, -0.05) is 33.8 Å². The molecule has 0 spiro atoms. The molecule has 0 aliphatic rings. The van der Waals surface area contributed by atoms with Crippen LogP contribution in [-0.4, -0.2) is 6.41 Å². The highest BCUT2D eigenvalue weighted by Gasteiger charge is 1.87. The molecule has 0 bridgehead atoms. The van der Waals surface area contributed by atoms with Gasteiger partial charge in [-0.3, -0.25) is 0 Å². The molecule has 12 heavy (non-hydrogen) atoms. The van der Waals surface area contributed by atoms with Crippen LogP contribution in [0, 0.1) is 0 Å². The molecule has 0 atom stereocenters. The van der Waals surface area contributed by atoms with Gasteiger partial charge in [0.05, 0.1) is 0 Å². The number of rotatable bonds is 1. The van der Waals surface area contributed by atoms with E-state index in [1.807, 2.05) is 33.8 Å². The predicted molar refractivity (Wildman–Crippen MR) is 51.5 cm³/mol. The van der Waals surface area contributed by atoms with Crippen LogP contribution in [0.3, 0.4) is 0 Å². The number of nitrogens with zero attached hydrogens (tertiary/aromatic N) is 1. The first-order chi connectivity index (χ1) is 5.93. The second kappa shape index (κ2) is 12.5. The van der Waals surface area contributed by atoms with E-state index in [1.54, 1.807) is 24.5 Å². The fourth-order valence-electron chi connectivity index (χ4n) is 0.482. The summed E-state index contributed by atoms with van der Waals surface area (Å²) in [6, 6.07) is 5.46. The van der Waals surface area contributed by atoms with Crippen molar-refractivity contribution in [2.75, 3.05) is 0 Å². The van der Waals surface area contributed by atoms with Gasteiger partial charge >= 0.3 is 6.41 Å². The summed E-state index contributed by atoms with van der Waals surface area (Å²) in [5.41, 5.74) is 0. The number of hydrogen-bond acceptors (Lipinski definition) is 1. The predicted octanol–water partition coefficient (Wildman–Crippen LogP) is 2.06. The van der Waals surface area contributed by atoms with Gasteiger partial charge in [-0.25, -0.2) is 4.79 Å². The van der Waals surface area contributed by atoms with Gasteiger partial charge in [0.1, 0.15) is 0 Å². The number of hydrogen-bond donors (Lipinski definition) is 0. The minimum Gasteiger partial charge on any atom is -0.222 e. The lowest BCUT2D eigenvalue weighted by atomic mass is 10.5. The van der Waals surface area contributed by atoms with Gasteiger partial charge in [-0.2, -0.15) is 0 Å². The van der Waals surface area contributed by atoms with E-state index in [2.05, 4.69) is 0 Å². The number of pyridine rings is 1. The van der Waals surface area contributed by atoms with Crippen LogP contribution in [0.25, 0.3) is 0 Å². The molecule has 68 valence electrons. The third kappa shape index (κ3) is 6.93. The van der Waals surface area contributed by atoms with E-state index in [0.29, 0.717) is 0 Å². The normalized spacial score (nSPS) is 6.67. The van der Waals surface area contributed by atoms with Crippen molar-refractivity contribution in [2.24, 2.45) is 0 Å².